The third-order valence-electron chi connectivity index (χ3n) is 4.41. The first-order valence-electron chi connectivity index (χ1n) is 8.57. The van der Waals surface area contributed by atoms with Crippen LogP contribution in [0.4, 0.5) is 5.00 Å². The molecular formula is C18H23N5OS. The van der Waals surface area contributed by atoms with Crippen molar-refractivity contribution < 1.29 is 4.79 Å². The first-order chi connectivity index (χ1) is 12.1. The molecule has 7 heteroatoms. The normalized spacial score (nSPS) is 14.0. The number of aromatic nitrogens is 2. The van der Waals surface area contributed by atoms with E-state index in [0.717, 1.165) is 30.4 Å². The highest BCUT2D eigenvalue weighted by Crippen LogP contribution is 2.36. The van der Waals surface area contributed by atoms with Crippen LogP contribution < -0.4 is 5.32 Å². The van der Waals surface area contributed by atoms with Crippen molar-refractivity contribution in [3.05, 3.63) is 34.0 Å². The third-order valence-corrected chi connectivity index (χ3v) is 5.62. The second-order valence-electron chi connectivity index (χ2n) is 6.62. The van der Waals surface area contributed by atoms with E-state index >= 15 is 0 Å². The van der Waals surface area contributed by atoms with E-state index in [0.29, 0.717) is 17.1 Å². The van der Waals surface area contributed by atoms with Crippen molar-refractivity contribution >= 4 is 22.2 Å². The summed E-state index contributed by atoms with van der Waals surface area (Å²) in [6.07, 6.45) is 9.22. The van der Waals surface area contributed by atoms with Gasteiger partial charge >= 0.3 is 0 Å². The largest absolute Gasteiger partial charge is 0.315 e. The maximum absolute atomic E-state index is 12.4. The van der Waals surface area contributed by atoms with Gasteiger partial charge in [-0.1, -0.05) is 6.42 Å². The molecule has 0 aliphatic heterocycles. The number of carbonyl (C=O) groups excluding carboxylic acids is 1. The number of fused-ring (bicyclic) bond motifs is 1. The SMILES string of the molecule is CN(CC(=O)Nc1sc2c(c1C#N)CCCCC2)Cc1cnn(C)c1. The zero-order valence-electron chi connectivity index (χ0n) is 14.7. The van der Waals surface area contributed by atoms with Crippen LogP contribution in [0.2, 0.25) is 0 Å². The molecule has 0 spiro atoms. The molecule has 0 saturated carbocycles. The van der Waals surface area contributed by atoms with E-state index in [4.69, 9.17) is 0 Å². The number of nitrogens with one attached hydrogen (secondary N) is 1. The van der Waals surface area contributed by atoms with Crippen LogP contribution in [0.5, 0.6) is 0 Å². The molecular weight excluding hydrogens is 334 g/mol. The molecule has 0 aromatic carbocycles. The van der Waals surface area contributed by atoms with Gasteiger partial charge in [0.15, 0.2) is 0 Å². The lowest BCUT2D eigenvalue weighted by molar-refractivity contribution is -0.117. The van der Waals surface area contributed by atoms with Crippen LogP contribution in [0.25, 0.3) is 0 Å². The Labute approximate surface area is 152 Å². The van der Waals surface area contributed by atoms with Crippen LogP contribution >= 0.6 is 11.3 Å². The highest BCUT2D eigenvalue weighted by atomic mass is 32.1. The van der Waals surface area contributed by atoms with E-state index in [2.05, 4.69) is 16.5 Å². The van der Waals surface area contributed by atoms with Gasteiger partial charge in [-0.25, -0.2) is 0 Å². The molecule has 1 amide bonds. The number of likely N-dealkylation sites (N-methyl/N-ethyl adjacent to an activating group) is 1. The van der Waals surface area contributed by atoms with Gasteiger partial charge in [-0.2, -0.15) is 10.4 Å². The predicted octanol–water partition coefficient (Wildman–Crippen LogP) is 2.69. The third kappa shape index (κ3) is 4.27. The zero-order valence-corrected chi connectivity index (χ0v) is 15.5. The quantitative estimate of drug-likeness (QED) is 0.835. The molecule has 0 saturated heterocycles. The number of anilines is 1. The fourth-order valence-corrected chi connectivity index (χ4v) is 4.54. The topological polar surface area (TPSA) is 74.0 Å². The van der Waals surface area contributed by atoms with Gasteiger partial charge in [0, 0.05) is 30.2 Å². The van der Waals surface area contributed by atoms with Crippen molar-refractivity contribution in [2.24, 2.45) is 7.05 Å². The minimum absolute atomic E-state index is 0.0840. The first-order valence-corrected chi connectivity index (χ1v) is 9.39. The Kier molecular flexibility index (Phi) is 5.51. The smallest absolute Gasteiger partial charge is 0.239 e. The number of thiophene rings is 1. The number of hydrogen-bond donors (Lipinski definition) is 1. The summed E-state index contributed by atoms with van der Waals surface area (Å²) in [5, 5.41) is 17.3. The summed E-state index contributed by atoms with van der Waals surface area (Å²) in [6.45, 7) is 0.940. The molecule has 3 rings (SSSR count). The van der Waals surface area contributed by atoms with Crippen molar-refractivity contribution in [3.8, 4) is 6.07 Å². The highest BCUT2D eigenvalue weighted by molar-refractivity contribution is 7.16. The van der Waals surface area contributed by atoms with E-state index in [9.17, 15) is 10.1 Å². The molecule has 25 heavy (non-hydrogen) atoms. The summed E-state index contributed by atoms with van der Waals surface area (Å²) >= 11 is 1.58. The van der Waals surface area contributed by atoms with E-state index in [-0.39, 0.29) is 12.5 Å². The Morgan fingerprint density at radius 3 is 2.96 bits per heavy atom. The fourth-order valence-electron chi connectivity index (χ4n) is 3.28. The molecule has 0 radical (unpaired) electrons. The Hall–Kier alpha value is -2.17. The summed E-state index contributed by atoms with van der Waals surface area (Å²) in [6, 6.07) is 2.30. The van der Waals surface area contributed by atoms with E-state index in [1.54, 1.807) is 22.2 Å². The molecule has 0 bridgehead atoms. The van der Waals surface area contributed by atoms with Crippen LogP contribution in [0.1, 0.15) is 40.8 Å². The van der Waals surface area contributed by atoms with Crippen LogP contribution in [-0.2, 0) is 31.2 Å². The molecule has 132 valence electrons. The molecule has 1 aliphatic rings. The lowest BCUT2D eigenvalue weighted by atomic mass is 10.1. The van der Waals surface area contributed by atoms with Crippen molar-refractivity contribution in [2.75, 3.05) is 18.9 Å². The predicted molar refractivity (Wildman–Crippen MR) is 98.5 cm³/mol. The van der Waals surface area contributed by atoms with Gasteiger partial charge in [-0.3, -0.25) is 14.4 Å². The molecule has 1 aliphatic carbocycles. The lowest BCUT2D eigenvalue weighted by Crippen LogP contribution is -2.29. The van der Waals surface area contributed by atoms with Crippen molar-refractivity contribution in [2.45, 2.75) is 38.6 Å². The molecule has 0 unspecified atom stereocenters. The van der Waals surface area contributed by atoms with Crippen LogP contribution in [0, 0.1) is 11.3 Å². The summed E-state index contributed by atoms with van der Waals surface area (Å²) < 4.78 is 1.75. The molecule has 1 N–H and O–H groups in total. The number of hydrogen-bond acceptors (Lipinski definition) is 5. The number of rotatable bonds is 5. The van der Waals surface area contributed by atoms with E-state index < -0.39 is 0 Å². The van der Waals surface area contributed by atoms with Crippen molar-refractivity contribution in [1.29, 1.82) is 5.26 Å². The minimum Gasteiger partial charge on any atom is -0.315 e. The fraction of sp³-hybridized carbons (Fsp3) is 0.500. The second kappa shape index (κ2) is 7.81. The van der Waals surface area contributed by atoms with Crippen LogP contribution in [0.3, 0.4) is 0 Å². The summed E-state index contributed by atoms with van der Waals surface area (Å²) in [4.78, 5) is 15.6. The van der Waals surface area contributed by atoms with Gasteiger partial charge in [0.25, 0.3) is 0 Å². The van der Waals surface area contributed by atoms with Crippen molar-refractivity contribution in [3.63, 3.8) is 0 Å². The van der Waals surface area contributed by atoms with Crippen LogP contribution in [-0.4, -0.2) is 34.2 Å². The van der Waals surface area contributed by atoms with E-state index in [1.807, 2.05) is 25.2 Å². The Morgan fingerprint density at radius 2 is 2.24 bits per heavy atom. The number of nitrogens with zero attached hydrogens (tertiary/aromatic N) is 4. The number of amides is 1. The van der Waals surface area contributed by atoms with Crippen LogP contribution in [0.15, 0.2) is 12.4 Å². The summed E-state index contributed by atoms with van der Waals surface area (Å²) in [5.74, 6) is -0.0840. The zero-order chi connectivity index (χ0) is 17.8. The van der Waals surface area contributed by atoms with Gasteiger partial charge in [-0.15, -0.1) is 11.3 Å². The van der Waals surface area contributed by atoms with Gasteiger partial charge in [0.2, 0.25) is 5.91 Å². The average molecular weight is 357 g/mol. The Morgan fingerprint density at radius 1 is 1.44 bits per heavy atom. The minimum atomic E-state index is -0.0840. The Bertz CT molecular complexity index is 801. The number of nitriles is 1. The standard InChI is InChI=1S/C18H23N5OS/c1-22(10-13-9-20-23(2)11-13)12-17(24)21-18-15(8-19)14-6-4-3-5-7-16(14)25-18/h9,11H,3-7,10,12H2,1-2H3,(H,21,24). The second-order valence-corrected chi connectivity index (χ2v) is 7.73. The van der Waals surface area contributed by atoms with Gasteiger partial charge in [-0.05, 0) is 38.3 Å². The maximum atomic E-state index is 12.4. The average Bonchev–Trinajstić information content (AvgIpc) is 3.01. The summed E-state index contributed by atoms with van der Waals surface area (Å²) in [7, 11) is 3.78. The van der Waals surface area contributed by atoms with Gasteiger partial charge in [0.1, 0.15) is 11.1 Å². The molecule has 2 heterocycles. The first kappa shape index (κ1) is 17.6. The summed E-state index contributed by atoms with van der Waals surface area (Å²) in [5.41, 5.74) is 2.90. The van der Waals surface area contributed by atoms with Gasteiger partial charge < -0.3 is 5.32 Å². The van der Waals surface area contributed by atoms with Crippen molar-refractivity contribution in [1.82, 2.24) is 14.7 Å². The molecule has 2 aromatic rings. The molecule has 0 fully saturated rings. The lowest BCUT2D eigenvalue weighted by Gasteiger charge is -2.14. The highest BCUT2D eigenvalue weighted by Gasteiger charge is 2.21. The molecule has 0 atom stereocenters. The molecule has 2 aromatic heterocycles. The molecule has 6 nitrogen and oxygen atoms in total. The maximum Gasteiger partial charge on any atom is 0.239 e. The van der Waals surface area contributed by atoms with Gasteiger partial charge in [0.05, 0.1) is 18.3 Å². The Balaban J connectivity index is 1.64. The monoisotopic (exact) mass is 357 g/mol. The number of carbonyl (C=O) groups is 1. The number of aryl methyl sites for hydroxylation is 2. The van der Waals surface area contributed by atoms with E-state index in [1.165, 1.54) is 17.7 Å².